The molecule has 0 aromatic heterocycles. The number of rotatable bonds is 8. The van der Waals surface area contributed by atoms with Crippen molar-refractivity contribution >= 4 is 6.16 Å². The molecule has 12 unspecified atom stereocenters. The lowest BCUT2D eigenvalue weighted by Gasteiger charge is -2.73. The average Bonchev–Trinajstić information content (AvgIpc) is 3.45. The lowest BCUT2D eigenvalue weighted by atomic mass is 9.32. The van der Waals surface area contributed by atoms with Gasteiger partial charge >= 0.3 is 6.16 Å². The van der Waals surface area contributed by atoms with Gasteiger partial charge in [-0.1, -0.05) is 46.8 Å². The number of ether oxygens (including phenoxy) is 4. The number of carbonyl (C=O) groups is 1. The van der Waals surface area contributed by atoms with Crippen LogP contribution in [0.4, 0.5) is 4.79 Å². The van der Waals surface area contributed by atoms with Gasteiger partial charge in [0.1, 0.15) is 37.1 Å². The van der Waals surface area contributed by atoms with E-state index in [0.717, 1.165) is 44.9 Å². The molecular weight excluding hydrogens is 628 g/mol. The lowest BCUT2D eigenvalue weighted by Crippen LogP contribution is -2.67. The molecular formula is C39H64O10. The molecule has 280 valence electrons. The van der Waals surface area contributed by atoms with Gasteiger partial charge in [0.25, 0.3) is 0 Å². The minimum absolute atomic E-state index is 0.0517. The zero-order chi connectivity index (χ0) is 35.7. The van der Waals surface area contributed by atoms with Crippen molar-refractivity contribution in [3.8, 4) is 0 Å². The van der Waals surface area contributed by atoms with Crippen molar-refractivity contribution in [1.82, 2.24) is 0 Å². The number of aliphatic hydroxyl groups excluding tert-OH is 5. The van der Waals surface area contributed by atoms with Crippen molar-refractivity contribution in [2.75, 3.05) is 26.4 Å². The SMILES string of the molecule is C=C(C)C1CCC2(CO)CC[C@]3(C)C(CCC4C5(C)CCC(OC(=O)OCCOC6OC(CO)[C@@H](O)C(O)[C@H]6O)C(C)(C)C5CCC43C)C12. The molecule has 0 spiro atoms. The zero-order valence-corrected chi connectivity index (χ0v) is 30.7. The summed E-state index contributed by atoms with van der Waals surface area (Å²) >= 11 is 0. The van der Waals surface area contributed by atoms with Crippen molar-refractivity contribution in [2.45, 2.75) is 143 Å². The summed E-state index contributed by atoms with van der Waals surface area (Å²) in [7, 11) is 0. The Morgan fingerprint density at radius 1 is 0.816 bits per heavy atom. The topological polar surface area (TPSA) is 155 Å². The third-order valence-electron chi connectivity index (χ3n) is 16.2. The van der Waals surface area contributed by atoms with Crippen LogP contribution in [0.15, 0.2) is 12.2 Å². The molecule has 1 saturated heterocycles. The van der Waals surface area contributed by atoms with Crippen molar-refractivity contribution in [3.05, 3.63) is 12.2 Å². The Balaban J connectivity index is 1.09. The standard InChI is InChI=1S/C39H64O10/c1-22(2)23-10-15-39(21-41)17-16-37(6)24(29(23)39)8-9-27-36(5)13-12-28(35(3,4)26(36)11-14-38(27,37)7)49-34(45)47-19-18-46-33-32(44)31(43)30(42)25(20-40)48-33/h23-33,40-44H,1,8-21H2,2-7H3/t23?,24?,25?,26?,27?,28?,29?,30-,31?,32-,33?,36?,37-,38?,39?/m1/s1. The Morgan fingerprint density at radius 2 is 1.55 bits per heavy atom. The van der Waals surface area contributed by atoms with Crippen LogP contribution in [-0.2, 0) is 18.9 Å². The molecule has 10 heteroatoms. The van der Waals surface area contributed by atoms with E-state index in [1.807, 2.05) is 0 Å². The van der Waals surface area contributed by atoms with Gasteiger partial charge in [0.05, 0.1) is 13.2 Å². The number of allylic oxidation sites excluding steroid dienone is 1. The molecule has 5 N–H and O–H groups in total. The van der Waals surface area contributed by atoms with E-state index < -0.39 is 43.5 Å². The first-order chi connectivity index (χ1) is 23.0. The highest BCUT2D eigenvalue weighted by atomic mass is 16.7. The third-order valence-corrected chi connectivity index (χ3v) is 16.2. The molecule has 0 bridgehead atoms. The van der Waals surface area contributed by atoms with Gasteiger partial charge in [-0.2, -0.15) is 0 Å². The van der Waals surface area contributed by atoms with E-state index in [1.54, 1.807) is 0 Å². The molecule has 0 amide bonds. The van der Waals surface area contributed by atoms with Gasteiger partial charge in [0.2, 0.25) is 0 Å². The number of hydrogen-bond acceptors (Lipinski definition) is 10. The van der Waals surface area contributed by atoms with Gasteiger partial charge < -0.3 is 44.5 Å². The maximum absolute atomic E-state index is 12.9. The first-order valence-electron chi connectivity index (χ1n) is 19.0. The molecule has 10 nitrogen and oxygen atoms in total. The Labute approximate surface area is 292 Å². The van der Waals surface area contributed by atoms with E-state index in [1.165, 1.54) is 24.8 Å². The Bertz CT molecular complexity index is 1240. The summed E-state index contributed by atoms with van der Waals surface area (Å²) in [5.74, 6) is 2.61. The largest absolute Gasteiger partial charge is 0.508 e. The fourth-order valence-corrected chi connectivity index (χ4v) is 13.4. The van der Waals surface area contributed by atoms with Crippen LogP contribution in [0.3, 0.4) is 0 Å². The van der Waals surface area contributed by atoms with Crippen LogP contribution in [0.5, 0.6) is 0 Å². The molecule has 1 heterocycles. The molecule has 15 atom stereocenters. The summed E-state index contributed by atoms with van der Waals surface area (Å²) < 4.78 is 22.2. The number of hydrogen-bond donors (Lipinski definition) is 5. The highest BCUT2D eigenvalue weighted by Crippen LogP contribution is 2.77. The molecule has 0 aromatic carbocycles. The fraction of sp³-hybridized carbons (Fsp3) is 0.923. The highest BCUT2D eigenvalue weighted by molar-refractivity contribution is 5.60. The second-order valence-corrected chi connectivity index (χ2v) is 18.3. The van der Waals surface area contributed by atoms with Crippen LogP contribution in [0, 0.1) is 56.7 Å². The highest BCUT2D eigenvalue weighted by Gasteiger charge is 2.71. The Kier molecular flexibility index (Phi) is 10.2. The van der Waals surface area contributed by atoms with Gasteiger partial charge in [-0.15, -0.1) is 0 Å². The predicted molar refractivity (Wildman–Crippen MR) is 182 cm³/mol. The Morgan fingerprint density at radius 3 is 2.22 bits per heavy atom. The van der Waals surface area contributed by atoms with Crippen molar-refractivity contribution < 1.29 is 49.3 Å². The minimum Gasteiger partial charge on any atom is -0.432 e. The lowest BCUT2D eigenvalue weighted by molar-refractivity contribution is -0.302. The number of aliphatic hydroxyl groups is 5. The molecule has 0 aromatic rings. The quantitative estimate of drug-likeness (QED) is 0.134. The molecule has 0 radical (unpaired) electrons. The molecule has 6 rings (SSSR count). The summed E-state index contributed by atoms with van der Waals surface area (Å²) in [4.78, 5) is 12.9. The smallest absolute Gasteiger partial charge is 0.432 e. The van der Waals surface area contributed by atoms with E-state index in [4.69, 9.17) is 18.9 Å². The van der Waals surface area contributed by atoms with Crippen LogP contribution in [0.1, 0.15) is 106 Å². The van der Waals surface area contributed by atoms with Crippen molar-refractivity contribution in [2.24, 2.45) is 56.7 Å². The number of fused-ring (bicyclic) bond motifs is 7. The predicted octanol–water partition coefficient (Wildman–Crippen LogP) is 4.97. The molecule has 5 aliphatic carbocycles. The van der Waals surface area contributed by atoms with Gasteiger partial charge in [0, 0.05) is 12.0 Å². The van der Waals surface area contributed by atoms with E-state index >= 15 is 0 Å². The maximum Gasteiger partial charge on any atom is 0.508 e. The van der Waals surface area contributed by atoms with Gasteiger partial charge in [-0.05, 0) is 122 Å². The van der Waals surface area contributed by atoms with Gasteiger partial charge in [-0.25, -0.2) is 4.79 Å². The van der Waals surface area contributed by atoms with E-state index in [-0.39, 0.29) is 46.4 Å². The van der Waals surface area contributed by atoms with Crippen LogP contribution in [0.25, 0.3) is 0 Å². The molecule has 1 aliphatic heterocycles. The van der Waals surface area contributed by atoms with Crippen molar-refractivity contribution in [3.63, 3.8) is 0 Å². The van der Waals surface area contributed by atoms with Crippen LogP contribution in [0.2, 0.25) is 0 Å². The second kappa shape index (κ2) is 13.3. The monoisotopic (exact) mass is 692 g/mol. The van der Waals surface area contributed by atoms with Crippen molar-refractivity contribution in [1.29, 1.82) is 0 Å². The second-order valence-electron chi connectivity index (χ2n) is 18.3. The van der Waals surface area contributed by atoms with Gasteiger partial charge in [0.15, 0.2) is 6.29 Å². The first-order valence-corrected chi connectivity index (χ1v) is 19.0. The zero-order valence-electron chi connectivity index (χ0n) is 30.7. The van der Waals surface area contributed by atoms with E-state index in [9.17, 15) is 30.3 Å². The van der Waals surface area contributed by atoms with E-state index in [0.29, 0.717) is 36.2 Å². The van der Waals surface area contributed by atoms with Crippen LogP contribution in [-0.4, -0.2) is 94.9 Å². The third kappa shape index (κ3) is 5.73. The summed E-state index contributed by atoms with van der Waals surface area (Å²) in [6, 6.07) is 0. The summed E-state index contributed by atoms with van der Waals surface area (Å²) in [5, 5.41) is 50.3. The minimum atomic E-state index is -1.54. The van der Waals surface area contributed by atoms with Gasteiger partial charge in [-0.3, -0.25) is 0 Å². The van der Waals surface area contributed by atoms with Crippen LogP contribution < -0.4 is 0 Å². The summed E-state index contributed by atoms with van der Waals surface area (Å²) in [6.45, 7) is 18.4. The molecule has 6 aliphatic rings. The number of carbonyl (C=O) groups excluding carboxylic acids is 1. The summed E-state index contributed by atoms with van der Waals surface area (Å²) in [6.07, 6.45) is 3.14. The normalized spacial score (nSPS) is 50.3. The van der Waals surface area contributed by atoms with E-state index in [2.05, 4.69) is 48.1 Å². The fourth-order valence-electron chi connectivity index (χ4n) is 13.4. The maximum atomic E-state index is 12.9. The first kappa shape index (κ1) is 37.5. The van der Waals surface area contributed by atoms with Crippen LogP contribution >= 0.6 is 0 Å². The average molecular weight is 693 g/mol. The molecule has 6 fully saturated rings. The molecule has 49 heavy (non-hydrogen) atoms. The Hall–Kier alpha value is -1.27. The summed E-state index contributed by atoms with van der Waals surface area (Å²) in [5.41, 5.74) is 1.65. The molecule has 5 saturated carbocycles.